The molecule has 0 saturated heterocycles. The Hall–Kier alpha value is -1.32. The molecule has 1 amide bonds. The van der Waals surface area contributed by atoms with E-state index in [2.05, 4.69) is 26.1 Å². The van der Waals surface area contributed by atoms with Gasteiger partial charge in [0, 0.05) is 12.1 Å². The number of carbonyl (C=O) groups is 2. The van der Waals surface area contributed by atoms with Gasteiger partial charge in [0.15, 0.2) is 0 Å². The molecule has 118 valence electrons. The molecule has 0 aromatic rings. The molecule has 4 heteroatoms. The Morgan fingerprint density at radius 2 is 2.00 bits per heavy atom. The fraction of sp³-hybridized carbons (Fsp3) is 0.765. The van der Waals surface area contributed by atoms with E-state index in [-0.39, 0.29) is 11.9 Å². The highest BCUT2D eigenvalue weighted by molar-refractivity contribution is 6.07. The molecular formula is C17H27NO3. The van der Waals surface area contributed by atoms with Gasteiger partial charge in [-0.15, -0.1) is 0 Å². The van der Waals surface area contributed by atoms with Crippen LogP contribution in [0.25, 0.3) is 0 Å². The number of rotatable bonds is 4. The second-order valence-corrected chi connectivity index (χ2v) is 7.00. The summed E-state index contributed by atoms with van der Waals surface area (Å²) in [5.41, 5.74) is 0.421. The largest absolute Gasteiger partial charge is 0.451 e. The van der Waals surface area contributed by atoms with E-state index < -0.39 is 5.60 Å². The van der Waals surface area contributed by atoms with Crippen LogP contribution in [0.2, 0.25) is 0 Å². The lowest BCUT2D eigenvalue weighted by Gasteiger charge is -2.36. The van der Waals surface area contributed by atoms with Crippen LogP contribution in [-0.4, -0.2) is 24.0 Å². The molecule has 0 aromatic carbocycles. The van der Waals surface area contributed by atoms with Gasteiger partial charge in [0.2, 0.25) is 0 Å². The number of ether oxygens (including phenoxy) is 1. The molecule has 4 nitrogen and oxygen atoms in total. The van der Waals surface area contributed by atoms with E-state index in [0.29, 0.717) is 29.5 Å². The highest BCUT2D eigenvalue weighted by Crippen LogP contribution is 2.45. The first-order chi connectivity index (χ1) is 9.85. The van der Waals surface area contributed by atoms with Crippen molar-refractivity contribution in [3.63, 3.8) is 0 Å². The van der Waals surface area contributed by atoms with Crippen LogP contribution in [0.5, 0.6) is 0 Å². The predicted octanol–water partition coefficient (Wildman–Crippen LogP) is 2.97. The Morgan fingerprint density at radius 3 is 2.57 bits per heavy atom. The van der Waals surface area contributed by atoms with Crippen LogP contribution in [0.4, 0.5) is 0 Å². The van der Waals surface area contributed by atoms with Gasteiger partial charge in [-0.2, -0.15) is 0 Å². The molecule has 1 aliphatic carbocycles. The summed E-state index contributed by atoms with van der Waals surface area (Å²) >= 11 is 0. The van der Waals surface area contributed by atoms with Crippen LogP contribution in [0.1, 0.15) is 59.8 Å². The standard InChI is InChI=1S/C17H27NO3/c1-11(2)7-10-18-15(19)14-13(4)16(20)21-17(14)8-5-12(3)6-9-17/h11-12H,5-10H2,1-4H3,(H,18,19). The van der Waals surface area contributed by atoms with Crippen molar-refractivity contribution in [2.24, 2.45) is 11.8 Å². The quantitative estimate of drug-likeness (QED) is 0.811. The van der Waals surface area contributed by atoms with E-state index in [9.17, 15) is 9.59 Å². The SMILES string of the molecule is CC1=C(C(=O)NCCC(C)C)C2(CCC(C)CC2)OC1=O. The molecule has 1 N–H and O–H groups in total. The van der Waals surface area contributed by atoms with Crippen molar-refractivity contribution in [2.45, 2.75) is 65.4 Å². The molecule has 0 radical (unpaired) electrons. The summed E-state index contributed by atoms with van der Waals surface area (Å²) in [4.78, 5) is 24.5. The fourth-order valence-electron chi connectivity index (χ4n) is 3.27. The summed E-state index contributed by atoms with van der Waals surface area (Å²) in [5, 5.41) is 2.96. The summed E-state index contributed by atoms with van der Waals surface area (Å²) in [6, 6.07) is 0. The molecule has 0 atom stereocenters. The molecule has 1 saturated carbocycles. The Labute approximate surface area is 127 Å². The zero-order chi connectivity index (χ0) is 15.6. The fourth-order valence-corrected chi connectivity index (χ4v) is 3.27. The first-order valence-corrected chi connectivity index (χ1v) is 8.08. The van der Waals surface area contributed by atoms with Gasteiger partial charge in [-0.25, -0.2) is 4.79 Å². The Morgan fingerprint density at radius 1 is 1.38 bits per heavy atom. The van der Waals surface area contributed by atoms with Crippen LogP contribution in [0, 0.1) is 11.8 Å². The number of hydrogen-bond donors (Lipinski definition) is 1. The molecule has 2 aliphatic rings. The lowest BCUT2D eigenvalue weighted by Crippen LogP contribution is -2.42. The third-order valence-electron chi connectivity index (χ3n) is 4.74. The van der Waals surface area contributed by atoms with E-state index in [4.69, 9.17) is 4.74 Å². The van der Waals surface area contributed by atoms with Crippen molar-refractivity contribution in [1.82, 2.24) is 5.32 Å². The van der Waals surface area contributed by atoms with Gasteiger partial charge in [0.05, 0.1) is 5.57 Å². The van der Waals surface area contributed by atoms with E-state index in [1.165, 1.54) is 0 Å². The van der Waals surface area contributed by atoms with Crippen molar-refractivity contribution in [3.05, 3.63) is 11.1 Å². The molecule has 2 rings (SSSR count). The molecule has 0 bridgehead atoms. The van der Waals surface area contributed by atoms with Crippen LogP contribution >= 0.6 is 0 Å². The van der Waals surface area contributed by atoms with E-state index in [1.807, 2.05) is 0 Å². The van der Waals surface area contributed by atoms with Gasteiger partial charge < -0.3 is 10.1 Å². The lowest BCUT2D eigenvalue weighted by molar-refractivity contribution is -0.150. The lowest BCUT2D eigenvalue weighted by atomic mass is 9.75. The third-order valence-corrected chi connectivity index (χ3v) is 4.74. The second kappa shape index (κ2) is 6.20. The van der Waals surface area contributed by atoms with Gasteiger partial charge >= 0.3 is 5.97 Å². The van der Waals surface area contributed by atoms with Crippen molar-refractivity contribution in [3.8, 4) is 0 Å². The van der Waals surface area contributed by atoms with Crippen LogP contribution < -0.4 is 5.32 Å². The van der Waals surface area contributed by atoms with Gasteiger partial charge in [-0.3, -0.25) is 4.79 Å². The molecular weight excluding hydrogens is 266 g/mol. The summed E-state index contributed by atoms with van der Waals surface area (Å²) in [6.45, 7) is 8.83. The van der Waals surface area contributed by atoms with E-state index in [1.54, 1.807) is 6.92 Å². The Kier molecular flexibility index (Phi) is 4.74. The highest BCUT2D eigenvalue weighted by atomic mass is 16.6. The molecule has 1 aliphatic heterocycles. The van der Waals surface area contributed by atoms with Gasteiger partial charge in [0.25, 0.3) is 5.91 Å². The maximum Gasteiger partial charge on any atom is 0.335 e. The molecule has 1 heterocycles. The number of amides is 1. The van der Waals surface area contributed by atoms with Crippen molar-refractivity contribution in [2.75, 3.05) is 6.54 Å². The Bertz CT molecular complexity index is 457. The zero-order valence-corrected chi connectivity index (χ0v) is 13.6. The van der Waals surface area contributed by atoms with E-state index >= 15 is 0 Å². The van der Waals surface area contributed by atoms with Crippen LogP contribution in [0.15, 0.2) is 11.1 Å². The molecule has 1 fully saturated rings. The molecule has 0 unspecified atom stereocenters. The minimum absolute atomic E-state index is 0.117. The maximum atomic E-state index is 12.5. The first-order valence-electron chi connectivity index (χ1n) is 8.08. The van der Waals surface area contributed by atoms with Crippen molar-refractivity contribution < 1.29 is 14.3 Å². The first kappa shape index (κ1) is 16.1. The monoisotopic (exact) mass is 293 g/mol. The second-order valence-electron chi connectivity index (χ2n) is 7.00. The maximum absolute atomic E-state index is 12.5. The molecule has 21 heavy (non-hydrogen) atoms. The topological polar surface area (TPSA) is 55.4 Å². The highest BCUT2D eigenvalue weighted by Gasteiger charge is 2.50. The van der Waals surface area contributed by atoms with Gasteiger partial charge in [-0.05, 0) is 50.9 Å². The summed E-state index contributed by atoms with van der Waals surface area (Å²) in [6.07, 6.45) is 4.48. The smallest absolute Gasteiger partial charge is 0.335 e. The average Bonchev–Trinajstić information content (AvgIpc) is 2.65. The predicted molar refractivity (Wildman–Crippen MR) is 81.6 cm³/mol. The van der Waals surface area contributed by atoms with Crippen molar-refractivity contribution >= 4 is 11.9 Å². The number of nitrogens with one attached hydrogen (secondary N) is 1. The average molecular weight is 293 g/mol. The minimum atomic E-state index is -0.657. The summed E-state index contributed by atoms with van der Waals surface area (Å²) in [7, 11) is 0. The Balaban J connectivity index is 2.13. The zero-order valence-electron chi connectivity index (χ0n) is 13.6. The number of hydrogen-bond acceptors (Lipinski definition) is 3. The summed E-state index contributed by atoms with van der Waals surface area (Å²) < 4.78 is 5.64. The van der Waals surface area contributed by atoms with Gasteiger partial charge in [0.1, 0.15) is 5.60 Å². The minimum Gasteiger partial charge on any atom is -0.451 e. The molecule has 0 aromatic heterocycles. The van der Waals surface area contributed by atoms with E-state index in [0.717, 1.165) is 32.1 Å². The molecule has 1 spiro atoms. The van der Waals surface area contributed by atoms with Crippen LogP contribution in [-0.2, 0) is 14.3 Å². The van der Waals surface area contributed by atoms with Gasteiger partial charge in [-0.1, -0.05) is 20.8 Å². The number of esters is 1. The number of carbonyl (C=O) groups excluding carboxylic acids is 2. The normalized spacial score (nSPS) is 29.2. The van der Waals surface area contributed by atoms with Crippen LogP contribution in [0.3, 0.4) is 0 Å². The summed E-state index contributed by atoms with van der Waals surface area (Å²) in [5.74, 6) is 0.749. The van der Waals surface area contributed by atoms with Crippen molar-refractivity contribution in [1.29, 1.82) is 0 Å². The third kappa shape index (κ3) is 3.30.